The topological polar surface area (TPSA) is 20.3 Å². The highest BCUT2D eigenvalue weighted by atomic mass is 16.2. The number of nitrogens with zero attached hydrogens (tertiary/aromatic N) is 1. The average molecular weight is 245 g/mol. The summed E-state index contributed by atoms with van der Waals surface area (Å²) in [6.45, 7) is 12.7. The summed E-state index contributed by atoms with van der Waals surface area (Å²) in [6.07, 6.45) is 0. The van der Waals surface area contributed by atoms with Gasteiger partial charge in [-0.05, 0) is 24.0 Å². The predicted octanol–water partition coefficient (Wildman–Crippen LogP) is 3.81. The van der Waals surface area contributed by atoms with E-state index in [9.17, 15) is 4.79 Å². The number of carbonyl (C=O) groups excluding carboxylic acids is 1. The Morgan fingerprint density at radius 3 is 2.22 bits per heavy atom. The van der Waals surface area contributed by atoms with Gasteiger partial charge in [0.05, 0.1) is 6.04 Å². The summed E-state index contributed by atoms with van der Waals surface area (Å²) < 4.78 is 0. The van der Waals surface area contributed by atoms with Crippen molar-refractivity contribution in [2.45, 2.75) is 33.7 Å². The lowest BCUT2D eigenvalue weighted by atomic mass is 9.90. The predicted molar refractivity (Wildman–Crippen MR) is 76.2 cm³/mol. The highest BCUT2D eigenvalue weighted by Gasteiger charge is 2.25. The van der Waals surface area contributed by atoms with Gasteiger partial charge in [0.25, 0.3) is 0 Å². The molecule has 1 atom stereocenters. The molecule has 2 nitrogen and oxygen atoms in total. The van der Waals surface area contributed by atoms with Crippen molar-refractivity contribution >= 4 is 5.91 Å². The van der Waals surface area contributed by atoms with Crippen LogP contribution in [-0.4, -0.2) is 17.4 Å². The third-order valence-electron chi connectivity index (χ3n) is 3.26. The lowest BCUT2D eigenvalue weighted by Crippen LogP contribution is -2.34. The second-order valence-electron chi connectivity index (χ2n) is 4.85. The SMILES string of the molecule is C=C(C(C)C)C(c1ccccc1)N(CC)C(C)=O. The van der Waals surface area contributed by atoms with E-state index in [2.05, 4.69) is 32.6 Å². The normalized spacial score (nSPS) is 12.3. The number of benzene rings is 1. The average Bonchev–Trinajstić information content (AvgIpc) is 2.35. The summed E-state index contributed by atoms with van der Waals surface area (Å²) in [7, 11) is 0. The first-order valence-corrected chi connectivity index (χ1v) is 6.49. The van der Waals surface area contributed by atoms with E-state index in [0.717, 1.165) is 11.1 Å². The molecule has 1 rings (SSSR count). The smallest absolute Gasteiger partial charge is 0.220 e. The van der Waals surface area contributed by atoms with Gasteiger partial charge in [-0.2, -0.15) is 0 Å². The van der Waals surface area contributed by atoms with Crippen LogP contribution in [0.15, 0.2) is 42.5 Å². The zero-order chi connectivity index (χ0) is 13.7. The zero-order valence-electron chi connectivity index (χ0n) is 11.8. The fourth-order valence-corrected chi connectivity index (χ4v) is 2.13. The van der Waals surface area contributed by atoms with E-state index in [0.29, 0.717) is 12.5 Å². The van der Waals surface area contributed by atoms with Crippen molar-refractivity contribution in [1.29, 1.82) is 0 Å². The Morgan fingerprint density at radius 1 is 1.28 bits per heavy atom. The second-order valence-corrected chi connectivity index (χ2v) is 4.85. The maximum Gasteiger partial charge on any atom is 0.220 e. The Hall–Kier alpha value is -1.57. The standard InChI is InChI=1S/C16H23NO/c1-6-17(14(5)18)16(13(4)12(2)3)15-10-8-7-9-11-15/h7-12,16H,4,6H2,1-3,5H3. The molecule has 0 saturated heterocycles. The number of rotatable bonds is 5. The Labute approximate surface area is 110 Å². The van der Waals surface area contributed by atoms with Crippen molar-refractivity contribution in [3.05, 3.63) is 48.0 Å². The maximum atomic E-state index is 11.8. The van der Waals surface area contributed by atoms with Crippen molar-refractivity contribution in [2.24, 2.45) is 5.92 Å². The molecule has 1 aromatic carbocycles. The summed E-state index contributed by atoms with van der Waals surface area (Å²) >= 11 is 0. The molecular weight excluding hydrogens is 222 g/mol. The molecule has 98 valence electrons. The van der Waals surface area contributed by atoms with E-state index in [1.54, 1.807) is 6.92 Å². The molecular formula is C16H23NO. The molecule has 1 aromatic rings. The van der Waals surface area contributed by atoms with Crippen molar-refractivity contribution in [3.8, 4) is 0 Å². The van der Waals surface area contributed by atoms with E-state index in [-0.39, 0.29) is 11.9 Å². The number of carbonyl (C=O) groups is 1. The first kappa shape index (κ1) is 14.5. The number of likely N-dealkylation sites (N-methyl/N-ethyl adjacent to an activating group) is 1. The van der Waals surface area contributed by atoms with Crippen LogP contribution in [0.3, 0.4) is 0 Å². The molecule has 0 bridgehead atoms. The molecule has 0 radical (unpaired) electrons. The Kier molecular flexibility index (Phi) is 5.14. The highest BCUT2D eigenvalue weighted by molar-refractivity contribution is 5.74. The second kappa shape index (κ2) is 6.39. The van der Waals surface area contributed by atoms with E-state index in [4.69, 9.17) is 0 Å². The Balaban J connectivity index is 3.18. The van der Waals surface area contributed by atoms with E-state index < -0.39 is 0 Å². The molecule has 0 saturated carbocycles. The van der Waals surface area contributed by atoms with Crippen LogP contribution in [0.5, 0.6) is 0 Å². The molecule has 18 heavy (non-hydrogen) atoms. The van der Waals surface area contributed by atoms with Gasteiger partial charge < -0.3 is 4.90 Å². The first-order chi connectivity index (χ1) is 8.49. The molecule has 2 heteroatoms. The molecule has 1 unspecified atom stereocenters. The van der Waals surface area contributed by atoms with Gasteiger partial charge in [0.2, 0.25) is 5.91 Å². The van der Waals surface area contributed by atoms with Gasteiger partial charge in [-0.1, -0.05) is 50.8 Å². The van der Waals surface area contributed by atoms with Gasteiger partial charge in [-0.3, -0.25) is 4.79 Å². The fraction of sp³-hybridized carbons (Fsp3) is 0.438. The Bertz CT molecular complexity index is 408. The molecule has 0 aromatic heterocycles. The molecule has 0 aliphatic rings. The van der Waals surface area contributed by atoms with Crippen molar-refractivity contribution < 1.29 is 4.79 Å². The van der Waals surface area contributed by atoms with Gasteiger partial charge in [-0.25, -0.2) is 0 Å². The fourth-order valence-electron chi connectivity index (χ4n) is 2.13. The van der Waals surface area contributed by atoms with Gasteiger partial charge in [0, 0.05) is 13.5 Å². The lowest BCUT2D eigenvalue weighted by Gasteiger charge is -2.33. The molecule has 0 aliphatic carbocycles. The van der Waals surface area contributed by atoms with Gasteiger partial charge in [0.1, 0.15) is 0 Å². The largest absolute Gasteiger partial charge is 0.332 e. The molecule has 1 amide bonds. The minimum atomic E-state index is -0.0197. The van der Waals surface area contributed by atoms with Gasteiger partial charge in [0.15, 0.2) is 0 Å². The van der Waals surface area contributed by atoms with Crippen LogP contribution in [0.1, 0.15) is 39.3 Å². The van der Waals surface area contributed by atoms with Crippen LogP contribution >= 0.6 is 0 Å². The van der Waals surface area contributed by atoms with Crippen LogP contribution in [0.2, 0.25) is 0 Å². The minimum Gasteiger partial charge on any atom is -0.332 e. The monoisotopic (exact) mass is 245 g/mol. The third-order valence-corrected chi connectivity index (χ3v) is 3.26. The van der Waals surface area contributed by atoms with Crippen LogP contribution < -0.4 is 0 Å². The summed E-state index contributed by atoms with van der Waals surface area (Å²) in [5.74, 6) is 0.441. The summed E-state index contributed by atoms with van der Waals surface area (Å²) in [5, 5.41) is 0. The van der Waals surface area contributed by atoms with Crippen LogP contribution in [0.25, 0.3) is 0 Å². The quantitative estimate of drug-likeness (QED) is 0.722. The number of hydrogen-bond donors (Lipinski definition) is 0. The summed E-state index contributed by atoms with van der Waals surface area (Å²) in [5.41, 5.74) is 2.21. The van der Waals surface area contributed by atoms with E-state index >= 15 is 0 Å². The molecule has 0 spiro atoms. The van der Waals surface area contributed by atoms with Crippen molar-refractivity contribution in [1.82, 2.24) is 4.90 Å². The molecule has 0 N–H and O–H groups in total. The van der Waals surface area contributed by atoms with E-state index in [1.165, 1.54) is 0 Å². The molecule has 0 heterocycles. The van der Waals surface area contributed by atoms with Gasteiger partial charge in [-0.15, -0.1) is 0 Å². The third kappa shape index (κ3) is 3.22. The zero-order valence-corrected chi connectivity index (χ0v) is 11.8. The number of amides is 1. The van der Waals surface area contributed by atoms with Crippen molar-refractivity contribution in [3.63, 3.8) is 0 Å². The van der Waals surface area contributed by atoms with Crippen LogP contribution in [0.4, 0.5) is 0 Å². The van der Waals surface area contributed by atoms with Crippen molar-refractivity contribution in [2.75, 3.05) is 6.54 Å². The first-order valence-electron chi connectivity index (χ1n) is 6.49. The van der Waals surface area contributed by atoms with E-state index in [1.807, 2.05) is 30.0 Å². The van der Waals surface area contributed by atoms with Crippen LogP contribution in [-0.2, 0) is 4.79 Å². The minimum absolute atomic E-state index is 0.0197. The van der Waals surface area contributed by atoms with Gasteiger partial charge >= 0.3 is 0 Å². The Morgan fingerprint density at radius 2 is 1.83 bits per heavy atom. The summed E-state index contributed by atoms with van der Waals surface area (Å²) in [4.78, 5) is 13.7. The maximum absolute atomic E-state index is 11.8. The highest BCUT2D eigenvalue weighted by Crippen LogP contribution is 2.31. The molecule has 0 aliphatic heterocycles. The molecule has 0 fully saturated rings. The summed E-state index contributed by atoms with van der Waals surface area (Å²) in [6, 6.07) is 10.1. The lowest BCUT2D eigenvalue weighted by molar-refractivity contribution is -0.130. The van der Waals surface area contributed by atoms with Crippen LogP contribution in [0, 0.1) is 5.92 Å². The number of hydrogen-bond acceptors (Lipinski definition) is 1.